The SMILES string of the molecule is CCOc1ccccc1NC(=O)c1cc2occc2n1Cc1cccc(F)c1. The lowest BCUT2D eigenvalue weighted by Gasteiger charge is -2.13. The number of amides is 1. The number of aromatic nitrogens is 1. The van der Waals surface area contributed by atoms with Crippen LogP contribution in [0.5, 0.6) is 5.75 Å². The summed E-state index contributed by atoms with van der Waals surface area (Å²) in [5.74, 6) is -0.00929. The minimum Gasteiger partial charge on any atom is -0.492 e. The average Bonchev–Trinajstić information content (AvgIpc) is 3.26. The van der Waals surface area contributed by atoms with Crippen LogP contribution in [-0.4, -0.2) is 17.1 Å². The fourth-order valence-electron chi connectivity index (χ4n) is 3.19. The first-order valence-corrected chi connectivity index (χ1v) is 9.00. The van der Waals surface area contributed by atoms with Gasteiger partial charge in [-0.25, -0.2) is 4.39 Å². The molecule has 0 bridgehead atoms. The number of furan rings is 1. The van der Waals surface area contributed by atoms with E-state index in [9.17, 15) is 9.18 Å². The topological polar surface area (TPSA) is 56.4 Å². The van der Waals surface area contributed by atoms with Crippen molar-refractivity contribution in [3.8, 4) is 5.75 Å². The Balaban J connectivity index is 1.69. The summed E-state index contributed by atoms with van der Waals surface area (Å²) >= 11 is 0. The normalized spacial score (nSPS) is 10.9. The average molecular weight is 378 g/mol. The molecule has 0 fully saturated rings. The molecule has 1 amide bonds. The van der Waals surface area contributed by atoms with Gasteiger partial charge >= 0.3 is 0 Å². The van der Waals surface area contributed by atoms with Crippen molar-refractivity contribution >= 4 is 22.7 Å². The van der Waals surface area contributed by atoms with E-state index in [1.54, 1.807) is 36.6 Å². The Morgan fingerprint density at radius 3 is 2.82 bits per heavy atom. The maximum atomic E-state index is 13.6. The second-order valence-electron chi connectivity index (χ2n) is 6.30. The molecule has 0 unspecified atom stereocenters. The number of ether oxygens (including phenoxy) is 1. The van der Waals surface area contributed by atoms with Crippen molar-refractivity contribution in [2.24, 2.45) is 0 Å². The number of halogens is 1. The van der Waals surface area contributed by atoms with E-state index in [4.69, 9.17) is 9.15 Å². The molecular weight excluding hydrogens is 359 g/mol. The highest BCUT2D eigenvalue weighted by molar-refractivity contribution is 6.06. The molecule has 5 nitrogen and oxygen atoms in total. The number of nitrogens with zero attached hydrogens (tertiary/aromatic N) is 1. The molecule has 1 N–H and O–H groups in total. The molecule has 0 saturated heterocycles. The molecular formula is C22H19FN2O3. The zero-order chi connectivity index (χ0) is 19.5. The number of benzene rings is 2. The van der Waals surface area contributed by atoms with E-state index in [2.05, 4.69) is 5.32 Å². The van der Waals surface area contributed by atoms with Gasteiger partial charge in [0.15, 0.2) is 5.58 Å². The molecule has 2 aromatic carbocycles. The van der Waals surface area contributed by atoms with Crippen LogP contribution in [0.15, 0.2) is 71.3 Å². The van der Waals surface area contributed by atoms with Crippen molar-refractivity contribution in [3.05, 3.63) is 84.0 Å². The summed E-state index contributed by atoms with van der Waals surface area (Å²) in [7, 11) is 0. The Morgan fingerprint density at radius 2 is 2.00 bits per heavy atom. The molecule has 0 radical (unpaired) electrons. The van der Waals surface area contributed by atoms with Crippen molar-refractivity contribution in [1.29, 1.82) is 0 Å². The number of rotatable bonds is 6. The number of carbonyl (C=O) groups is 1. The summed E-state index contributed by atoms with van der Waals surface area (Å²) in [5, 5.41) is 2.90. The summed E-state index contributed by atoms with van der Waals surface area (Å²) in [5.41, 5.74) is 3.13. The van der Waals surface area contributed by atoms with Gasteiger partial charge in [0.05, 0.1) is 24.1 Å². The van der Waals surface area contributed by atoms with Gasteiger partial charge in [-0.3, -0.25) is 4.79 Å². The Bertz CT molecular complexity index is 1130. The predicted molar refractivity (Wildman–Crippen MR) is 105 cm³/mol. The monoisotopic (exact) mass is 378 g/mol. The van der Waals surface area contributed by atoms with E-state index in [-0.39, 0.29) is 11.7 Å². The van der Waals surface area contributed by atoms with Gasteiger partial charge in [0, 0.05) is 18.7 Å². The highest BCUT2D eigenvalue weighted by atomic mass is 19.1. The number of anilines is 1. The van der Waals surface area contributed by atoms with Gasteiger partial charge in [-0.15, -0.1) is 0 Å². The summed E-state index contributed by atoms with van der Waals surface area (Å²) in [6, 6.07) is 17.1. The molecule has 0 aliphatic rings. The predicted octanol–water partition coefficient (Wildman–Crippen LogP) is 5.07. The lowest BCUT2D eigenvalue weighted by atomic mass is 10.2. The molecule has 4 rings (SSSR count). The van der Waals surface area contributed by atoms with E-state index < -0.39 is 0 Å². The smallest absolute Gasteiger partial charge is 0.272 e. The first-order chi connectivity index (χ1) is 13.7. The van der Waals surface area contributed by atoms with Crippen LogP contribution in [0.1, 0.15) is 23.0 Å². The van der Waals surface area contributed by atoms with Gasteiger partial charge < -0.3 is 19.0 Å². The van der Waals surface area contributed by atoms with Crippen molar-refractivity contribution in [2.45, 2.75) is 13.5 Å². The van der Waals surface area contributed by atoms with Crippen LogP contribution >= 0.6 is 0 Å². The van der Waals surface area contributed by atoms with Crippen molar-refractivity contribution in [1.82, 2.24) is 4.57 Å². The van der Waals surface area contributed by atoms with E-state index in [0.717, 1.165) is 11.1 Å². The number of hydrogen-bond donors (Lipinski definition) is 1. The van der Waals surface area contributed by atoms with Gasteiger partial charge in [0.1, 0.15) is 17.3 Å². The van der Waals surface area contributed by atoms with Gasteiger partial charge in [-0.05, 0) is 36.8 Å². The van der Waals surface area contributed by atoms with Crippen LogP contribution in [0.25, 0.3) is 11.1 Å². The van der Waals surface area contributed by atoms with Crippen LogP contribution in [0.3, 0.4) is 0 Å². The van der Waals surface area contributed by atoms with E-state index in [1.807, 2.05) is 29.7 Å². The number of fused-ring (bicyclic) bond motifs is 1. The van der Waals surface area contributed by atoms with Crippen LogP contribution in [0.4, 0.5) is 10.1 Å². The van der Waals surface area contributed by atoms with Crippen LogP contribution < -0.4 is 10.1 Å². The lowest BCUT2D eigenvalue weighted by Crippen LogP contribution is -2.18. The molecule has 2 heterocycles. The third-order valence-electron chi connectivity index (χ3n) is 4.42. The Morgan fingerprint density at radius 1 is 1.14 bits per heavy atom. The largest absolute Gasteiger partial charge is 0.492 e. The molecule has 6 heteroatoms. The molecule has 142 valence electrons. The number of carbonyl (C=O) groups excluding carboxylic acids is 1. The fraction of sp³-hybridized carbons (Fsp3) is 0.136. The summed E-state index contributed by atoms with van der Waals surface area (Å²) in [6.45, 7) is 2.73. The maximum Gasteiger partial charge on any atom is 0.272 e. The Hall–Kier alpha value is -3.54. The third kappa shape index (κ3) is 3.49. The zero-order valence-corrected chi connectivity index (χ0v) is 15.3. The van der Waals surface area contributed by atoms with Gasteiger partial charge in [-0.1, -0.05) is 24.3 Å². The molecule has 28 heavy (non-hydrogen) atoms. The second kappa shape index (κ2) is 7.60. The van der Waals surface area contributed by atoms with Gasteiger partial charge in [-0.2, -0.15) is 0 Å². The van der Waals surface area contributed by atoms with Crippen molar-refractivity contribution < 1.29 is 18.3 Å². The number of hydrogen-bond acceptors (Lipinski definition) is 3. The van der Waals surface area contributed by atoms with E-state index >= 15 is 0 Å². The minimum atomic E-state index is -0.315. The summed E-state index contributed by atoms with van der Waals surface area (Å²) < 4.78 is 26.4. The highest BCUT2D eigenvalue weighted by Gasteiger charge is 2.19. The molecule has 2 aromatic heterocycles. The van der Waals surface area contributed by atoms with E-state index in [1.165, 1.54) is 12.1 Å². The molecule has 4 aromatic rings. The van der Waals surface area contributed by atoms with Gasteiger partial charge in [0.2, 0.25) is 0 Å². The Kier molecular flexibility index (Phi) is 4.85. The quantitative estimate of drug-likeness (QED) is 0.509. The third-order valence-corrected chi connectivity index (χ3v) is 4.42. The molecule has 0 saturated carbocycles. The fourth-order valence-corrected chi connectivity index (χ4v) is 3.19. The van der Waals surface area contributed by atoms with Crippen LogP contribution in [0, 0.1) is 5.82 Å². The summed E-state index contributed by atoms with van der Waals surface area (Å²) in [4.78, 5) is 13.0. The first kappa shape index (κ1) is 17.9. The number of nitrogens with one attached hydrogen (secondary N) is 1. The molecule has 0 aliphatic heterocycles. The molecule has 0 aliphatic carbocycles. The molecule has 0 atom stereocenters. The number of para-hydroxylation sites is 2. The van der Waals surface area contributed by atoms with Gasteiger partial charge in [0.25, 0.3) is 5.91 Å². The zero-order valence-electron chi connectivity index (χ0n) is 15.3. The minimum absolute atomic E-state index is 0.296. The molecule has 0 spiro atoms. The highest BCUT2D eigenvalue weighted by Crippen LogP contribution is 2.27. The van der Waals surface area contributed by atoms with Crippen molar-refractivity contribution in [3.63, 3.8) is 0 Å². The summed E-state index contributed by atoms with van der Waals surface area (Å²) in [6.07, 6.45) is 1.57. The first-order valence-electron chi connectivity index (χ1n) is 9.00. The van der Waals surface area contributed by atoms with Crippen LogP contribution in [0.2, 0.25) is 0 Å². The van der Waals surface area contributed by atoms with Crippen molar-refractivity contribution in [2.75, 3.05) is 11.9 Å². The van der Waals surface area contributed by atoms with Crippen LogP contribution in [-0.2, 0) is 6.54 Å². The standard InChI is InChI=1S/C22H19FN2O3/c1-2-27-20-9-4-3-8-17(20)24-22(26)19-13-21-18(10-11-28-21)25(19)14-15-6-5-7-16(23)12-15/h3-13H,2,14H2,1H3,(H,24,26). The Labute approximate surface area is 161 Å². The lowest BCUT2D eigenvalue weighted by molar-refractivity contribution is 0.101. The second-order valence-corrected chi connectivity index (χ2v) is 6.30. The maximum absolute atomic E-state index is 13.6. The van der Waals surface area contributed by atoms with E-state index in [0.29, 0.717) is 35.9 Å².